The van der Waals surface area contributed by atoms with Gasteiger partial charge in [-0.1, -0.05) is 96.9 Å². The Bertz CT molecular complexity index is 1140. The zero-order chi connectivity index (χ0) is 25.9. The summed E-state index contributed by atoms with van der Waals surface area (Å²) in [6, 6.07) is 24.2. The first kappa shape index (κ1) is 28.1. The lowest BCUT2D eigenvalue weighted by Crippen LogP contribution is -2.52. The van der Waals surface area contributed by atoms with Gasteiger partial charge in [0.05, 0.1) is 5.75 Å². The van der Waals surface area contributed by atoms with Crippen LogP contribution in [0.2, 0.25) is 10.0 Å². The summed E-state index contributed by atoms with van der Waals surface area (Å²) in [6.45, 7) is 4.24. The van der Waals surface area contributed by atoms with Crippen LogP contribution in [-0.2, 0) is 28.3 Å². The van der Waals surface area contributed by atoms with Gasteiger partial charge in [0.2, 0.25) is 11.8 Å². The van der Waals surface area contributed by atoms with Gasteiger partial charge in [-0.2, -0.15) is 0 Å². The molecule has 0 bridgehead atoms. The maximum absolute atomic E-state index is 13.7. The minimum Gasteiger partial charge on any atom is -0.352 e. The molecule has 0 saturated heterocycles. The first-order chi connectivity index (χ1) is 17.4. The van der Waals surface area contributed by atoms with Crippen molar-refractivity contribution in [1.29, 1.82) is 0 Å². The second kappa shape index (κ2) is 14.3. The van der Waals surface area contributed by atoms with Gasteiger partial charge in [0, 0.05) is 34.8 Å². The van der Waals surface area contributed by atoms with Crippen LogP contribution >= 0.6 is 35.0 Å². The second-order valence-electron chi connectivity index (χ2n) is 8.72. The highest BCUT2D eigenvalue weighted by atomic mass is 35.5. The van der Waals surface area contributed by atoms with Crippen molar-refractivity contribution in [3.05, 3.63) is 106 Å². The summed E-state index contributed by atoms with van der Waals surface area (Å²) < 4.78 is 0. The van der Waals surface area contributed by atoms with E-state index in [1.54, 1.807) is 11.0 Å². The largest absolute Gasteiger partial charge is 0.352 e. The number of halogens is 2. The SMILES string of the molecule is CC[C@H](C)NC(=O)[C@@H](Cc1ccccc1)N(Cc1ccccc1Cl)C(=O)CSCc1ccccc1Cl. The van der Waals surface area contributed by atoms with Crippen molar-refractivity contribution in [1.82, 2.24) is 10.2 Å². The van der Waals surface area contributed by atoms with Crippen LogP contribution < -0.4 is 5.32 Å². The van der Waals surface area contributed by atoms with Crippen LogP contribution in [0.4, 0.5) is 0 Å². The van der Waals surface area contributed by atoms with Crippen molar-refractivity contribution >= 4 is 46.8 Å². The Balaban J connectivity index is 1.87. The number of hydrogen-bond acceptors (Lipinski definition) is 3. The van der Waals surface area contributed by atoms with Gasteiger partial charge < -0.3 is 10.2 Å². The summed E-state index contributed by atoms with van der Waals surface area (Å²) in [4.78, 5) is 28.9. The molecule has 3 aromatic carbocycles. The van der Waals surface area contributed by atoms with Crippen molar-refractivity contribution in [3.8, 4) is 0 Å². The van der Waals surface area contributed by atoms with Gasteiger partial charge in [-0.15, -0.1) is 11.8 Å². The van der Waals surface area contributed by atoms with Gasteiger partial charge >= 0.3 is 0 Å². The van der Waals surface area contributed by atoms with Gasteiger partial charge in [-0.05, 0) is 42.2 Å². The Morgan fingerprint density at radius 2 is 1.47 bits per heavy atom. The molecule has 3 rings (SSSR count). The fourth-order valence-corrected chi connectivity index (χ4v) is 5.14. The minimum atomic E-state index is -0.675. The molecule has 0 fully saturated rings. The Kier molecular flexibility index (Phi) is 11.2. The summed E-state index contributed by atoms with van der Waals surface area (Å²) in [5.74, 6) is 0.544. The minimum absolute atomic E-state index is 0.00244. The van der Waals surface area contributed by atoms with Gasteiger partial charge in [-0.3, -0.25) is 9.59 Å². The van der Waals surface area contributed by atoms with Crippen molar-refractivity contribution in [2.45, 2.75) is 51.1 Å². The predicted molar refractivity (Wildman–Crippen MR) is 151 cm³/mol. The van der Waals surface area contributed by atoms with E-state index in [0.29, 0.717) is 22.2 Å². The zero-order valence-corrected chi connectivity index (χ0v) is 23.0. The summed E-state index contributed by atoms with van der Waals surface area (Å²) in [6.07, 6.45) is 1.21. The van der Waals surface area contributed by atoms with Gasteiger partial charge in [0.25, 0.3) is 0 Å². The Morgan fingerprint density at radius 1 is 0.889 bits per heavy atom. The normalized spacial score (nSPS) is 12.6. The summed E-state index contributed by atoms with van der Waals surface area (Å²) in [7, 11) is 0. The topological polar surface area (TPSA) is 49.4 Å². The number of hydrogen-bond donors (Lipinski definition) is 1. The third-order valence-electron chi connectivity index (χ3n) is 6.01. The van der Waals surface area contributed by atoms with E-state index >= 15 is 0 Å². The Morgan fingerprint density at radius 3 is 2.08 bits per heavy atom. The number of carbonyl (C=O) groups is 2. The van der Waals surface area contributed by atoms with E-state index in [1.165, 1.54) is 11.8 Å². The number of nitrogens with one attached hydrogen (secondary N) is 1. The smallest absolute Gasteiger partial charge is 0.243 e. The molecule has 36 heavy (non-hydrogen) atoms. The highest BCUT2D eigenvalue weighted by Gasteiger charge is 2.31. The predicted octanol–water partition coefficient (Wildman–Crippen LogP) is 6.78. The molecule has 2 amide bonds. The fraction of sp³-hybridized carbons (Fsp3) is 0.310. The number of nitrogens with zero attached hydrogens (tertiary/aromatic N) is 1. The van der Waals surface area contributed by atoms with E-state index in [9.17, 15) is 9.59 Å². The van der Waals surface area contributed by atoms with Crippen LogP contribution in [0, 0.1) is 0 Å². The molecular weight excluding hydrogens is 511 g/mol. The summed E-state index contributed by atoms with van der Waals surface area (Å²) >= 11 is 14.2. The van der Waals surface area contributed by atoms with Gasteiger partial charge in [0.15, 0.2) is 0 Å². The van der Waals surface area contributed by atoms with E-state index in [4.69, 9.17) is 23.2 Å². The highest BCUT2D eigenvalue weighted by Crippen LogP contribution is 2.24. The van der Waals surface area contributed by atoms with E-state index in [-0.39, 0.29) is 30.2 Å². The van der Waals surface area contributed by atoms with E-state index in [2.05, 4.69) is 5.32 Å². The van der Waals surface area contributed by atoms with Gasteiger partial charge in [0.1, 0.15) is 6.04 Å². The number of carbonyl (C=O) groups excluding carboxylic acids is 2. The van der Waals surface area contributed by atoms with Crippen LogP contribution in [0.1, 0.15) is 37.0 Å². The third kappa shape index (κ3) is 8.29. The van der Waals surface area contributed by atoms with Crippen LogP contribution in [0.3, 0.4) is 0 Å². The van der Waals surface area contributed by atoms with Crippen molar-refractivity contribution in [3.63, 3.8) is 0 Å². The molecule has 1 N–H and O–H groups in total. The lowest BCUT2D eigenvalue weighted by Gasteiger charge is -2.32. The maximum Gasteiger partial charge on any atom is 0.243 e. The van der Waals surface area contributed by atoms with E-state index in [1.807, 2.05) is 86.6 Å². The van der Waals surface area contributed by atoms with E-state index in [0.717, 1.165) is 23.1 Å². The first-order valence-corrected chi connectivity index (χ1v) is 14.0. The molecule has 7 heteroatoms. The van der Waals surface area contributed by atoms with Crippen molar-refractivity contribution in [2.75, 3.05) is 5.75 Å². The van der Waals surface area contributed by atoms with Crippen LogP contribution in [-0.4, -0.2) is 34.6 Å². The number of amides is 2. The average molecular weight is 544 g/mol. The highest BCUT2D eigenvalue weighted by molar-refractivity contribution is 7.99. The monoisotopic (exact) mass is 542 g/mol. The summed E-state index contributed by atoms with van der Waals surface area (Å²) in [5, 5.41) is 4.34. The molecule has 0 radical (unpaired) electrons. The average Bonchev–Trinajstić information content (AvgIpc) is 2.88. The quantitative estimate of drug-likeness (QED) is 0.274. The number of thioether (sulfide) groups is 1. The molecule has 190 valence electrons. The number of benzene rings is 3. The van der Waals surface area contributed by atoms with Gasteiger partial charge in [-0.25, -0.2) is 0 Å². The maximum atomic E-state index is 13.7. The molecule has 4 nitrogen and oxygen atoms in total. The second-order valence-corrected chi connectivity index (χ2v) is 10.5. The molecule has 0 unspecified atom stereocenters. The van der Waals surface area contributed by atoms with Crippen LogP contribution in [0.25, 0.3) is 0 Å². The Labute approximate surface area is 228 Å². The number of rotatable bonds is 12. The third-order valence-corrected chi connectivity index (χ3v) is 7.72. The molecule has 0 aromatic heterocycles. The molecule has 0 aliphatic heterocycles. The Hall–Kier alpha value is -2.47. The molecule has 3 aromatic rings. The van der Waals surface area contributed by atoms with Crippen molar-refractivity contribution in [2.24, 2.45) is 0 Å². The van der Waals surface area contributed by atoms with E-state index < -0.39 is 6.04 Å². The first-order valence-electron chi connectivity index (χ1n) is 12.1. The molecule has 0 aliphatic rings. The summed E-state index contributed by atoms with van der Waals surface area (Å²) in [5.41, 5.74) is 2.77. The van der Waals surface area contributed by atoms with Crippen molar-refractivity contribution < 1.29 is 9.59 Å². The molecular formula is C29H32Cl2N2O2S. The lowest BCUT2D eigenvalue weighted by atomic mass is 10.0. The lowest BCUT2D eigenvalue weighted by molar-refractivity contribution is -0.139. The standard InChI is InChI=1S/C29H32Cl2N2O2S/c1-3-21(2)32-29(35)27(17-22-11-5-4-6-12-22)33(18-23-13-7-9-15-25(23)30)28(34)20-36-19-24-14-8-10-16-26(24)31/h4-16,21,27H,3,17-20H2,1-2H3,(H,32,35)/t21-,27+/m0/s1. The van der Waals surface area contributed by atoms with Crippen LogP contribution in [0.5, 0.6) is 0 Å². The van der Waals surface area contributed by atoms with Crippen LogP contribution in [0.15, 0.2) is 78.9 Å². The molecule has 2 atom stereocenters. The fourth-order valence-electron chi connectivity index (χ4n) is 3.75. The molecule has 0 spiro atoms. The molecule has 0 saturated carbocycles. The molecule has 0 heterocycles. The molecule has 0 aliphatic carbocycles. The zero-order valence-electron chi connectivity index (χ0n) is 20.6.